The van der Waals surface area contributed by atoms with E-state index in [1.54, 1.807) is 12.3 Å². The Labute approximate surface area is 85.7 Å². The van der Waals surface area contributed by atoms with Gasteiger partial charge in [0.05, 0.1) is 0 Å². The molecule has 1 aromatic heterocycles. The lowest BCUT2D eigenvalue weighted by atomic mass is 10.5. The molecule has 0 radical (unpaired) electrons. The van der Waals surface area contributed by atoms with Crippen LogP contribution in [0.15, 0.2) is 36.5 Å². The van der Waals surface area contributed by atoms with Crippen LogP contribution in [0.4, 0.5) is 5.82 Å². The number of hydrogen-bond donors (Lipinski definition) is 3. The lowest BCUT2D eigenvalue weighted by molar-refractivity contribution is -0.134. The average Bonchev–Trinajstić information content (AvgIpc) is 2.17. The molecule has 0 aromatic carbocycles. The smallest absolute Gasteiger partial charge is 0.328 e. The van der Waals surface area contributed by atoms with Gasteiger partial charge in [0, 0.05) is 18.3 Å². The fraction of sp³-hybridized carbons (Fsp3) is 0. The van der Waals surface area contributed by atoms with Crippen molar-refractivity contribution in [2.24, 2.45) is 0 Å². The molecule has 0 aliphatic rings. The number of carbonyl (C=O) groups is 2. The first-order valence-electron chi connectivity index (χ1n) is 3.83. The summed E-state index contributed by atoms with van der Waals surface area (Å²) >= 11 is 0. The Morgan fingerprint density at radius 1 is 1.20 bits per heavy atom. The van der Waals surface area contributed by atoms with Gasteiger partial charge in [-0.1, -0.05) is 6.07 Å². The standard InChI is InChI=1S/C5H6N2.C4H4O4/c6-5-3-1-2-4-7-5;5-3(6)1-2-4(7)8/h1-4H,(H2,6,7);1-2H,(H,5,6)(H,7,8)/b;2-1+. The van der Waals surface area contributed by atoms with E-state index in [9.17, 15) is 9.59 Å². The zero-order valence-corrected chi connectivity index (χ0v) is 7.70. The van der Waals surface area contributed by atoms with Gasteiger partial charge in [0.25, 0.3) is 0 Å². The Hall–Kier alpha value is -2.37. The van der Waals surface area contributed by atoms with E-state index < -0.39 is 11.9 Å². The van der Waals surface area contributed by atoms with Gasteiger partial charge in [-0.15, -0.1) is 0 Å². The number of nitrogen functional groups attached to an aromatic ring is 1. The molecular formula is C9H10N2O4. The van der Waals surface area contributed by atoms with Crippen LogP contribution >= 0.6 is 0 Å². The van der Waals surface area contributed by atoms with Crippen molar-refractivity contribution in [3.63, 3.8) is 0 Å². The maximum absolute atomic E-state index is 9.55. The van der Waals surface area contributed by atoms with Crippen LogP contribution in [0.2, 0.25) is 0 Å². The third-order valence-electron chi connectivity index (χ3n) is 1.06. The molecule has 6 heteroatoms. The molecule has 1 aromatic rings. The summed E-state index contributed by atoms with van der Waals surface area (Å²) < 4.78 is 0. The third kappa shape index (κ3) is 9.54. The van der Waals surface area contributed by atoms with E-state index in [0.29, 0.717) is 18.0 Å². The second-order valence-electron chi connectivity index (χ2n) is 2.26. The van der Waals surface area contributed by atoms with Crippen molar-refractivity contribution < 1.29 is 19.8 Å². The highest BCUT2D eigenvalue weighted by Crippen LogP contribution is 1.89. The van der Waals surface area contributed by atoms with E-state index in [0.717, 1.165) is 0 Å². The van der Waals surface area contributed by atoms with Crippen LogP contribution < -0.4 is 5.73 Å². The lowest BCUT2D eigenvalue weighted by Crippen LogP contribution is -1.91. The van der Waals surface area contributed by atoms with Gasteiger partial charge in [-0.25, -0.2) is 14.6 Å². The quantitative estimate of drug-likeness (QED) is 0.608. The first-order valence-corrected chi connectivity index (χ1v) is 3.83. The maximum atomic E-state index is 9.55. The van der Waals surface area contributed by atoms with Crippen molar-refractivity contribution in [1.82, 2.24) is 4.98 Å². The fourth-order valence-electron chi connectivity index (χ4n) is 0.519. The van der Waals surface area contributed by atoms with Gasteiger partial charge in [-0.3, -0.25) is 0 Å². The number of aliphatic carboxylic acids is 2. The highest BCUT2D eigenvalue weighted by Gasteiger charge is 1.88. The van der Waals surface area contributed by atoms with Crippen LogP contribution in [-0.2, 0) is 9.59 Å². The predicted molar refractivity (Wildman–Crippen MR) is 53.1 cm³/mol. The number of carboxylic acids is 2. The van der Waals surface area contributed by atoms with E-state index in [1.807, 2.05) is 12.1 Å². The Kier molecular flexibility index (Phi) is 5.96. The van der Waals surface area contributed by atoms with Crippen LogP contribution in [0.3, 0.4) is 0 Å². The van der Waals surface area contributed by atoms with Crippen molar-refractivity contribution in [3.05, 3.63) is 36.5 Å². The second-order valence-corrected chi connectivity index (χ2v) is 2.26. The van der Waals surface area contributed by atoms with Gasteiger partial charge in [0.2, 0.25) is 0 Å². The summed E-state index contributed by atoms with van der Waals surface area (Å²) in [6, 6.07) is 5.43. The Balaban J connectivity index is 0.000000262. The Morgan fingerprint density at radius 3 is 1.93 bits per heavy atom. The van der Waals surface area contributed by atoms with Crippen molar-refractivity contribution in [1.29, 1.82) is 0 Å². The minimum atomic E-state index is -1.26. The van der Waals surface area contributed by atoms with Crippen molar-refractivity contribution >= 4 is 17.8 Å². The fourth-order valence-corrected chi connectivity index (χ4v) is 0.519. The van der Waals surface area contributed by atoms with E-state index in [4.69, 9.17) is 15.9 Å². The number of hydrogen-bond acceptors (Lipinski definition) is 4. The van der Waals surface area contributed by atoms with Crippen LogP contribution in [0, 0.1) is 0 Å². The third-order valence-corrected chi connectivity index (χ3v) is 1.06. The number of nitrogens with two attached hydrogens (primary N) is 1. The molecule has 6 nitrogen and oxygen atoms in total. The summed E-state index contributed by atoms with van der Waals surface area (Å²) in [4.78, 5) is 22.9. The summed E-state index contributed by atoms with van der Waals surface area (Å²) in [5.74, 6) is -1.94. The summed E-state index contributed by atoms with van der Waals surface area (Å²) in [5.41, 5.74) is 5.25. The summed E-state index contributed by atoms with van der Waals surface area (Å²) in [6.45, 7) is 0. The van der Waals surface area contributed by atoms with E-state index >= 15 is 0 Å². The van der Waals surface area contributed by atoms with Gasteiger partial charge in [-0.2, -0.15) is 0 Å². The Bertz CT molecular complexity index is 332. The normalized spacial score (nSPS) is 9.07. The maximum Gasteiger partial charge on any atom is 0.328 e. The number of anilines is 1. The van der Waals surface area contributed by atoms with E-state index in [-0.39, 0.29) is 0 Å². The first kappa shape index (κ1) is 12.6. The molecule has 0 saturated carbocycles. The van der Waals surface area contributed by atoms with Crippen molar-refractivity contribution in [2.45, 2.75) is 0 Å². The molecular weight excluding hydrogens is 200 g/mol. The van der Waals surface area contributed by atoms with Gasteiger partial charge in [0.1, 0.15) is 5.82 Å². The summed E-state index contributed by atoms with van der Waals surface area (Å²) in [7, 11) is 0. The highest BCUT2D eigenvalue weighted by atomic mass is 16.4. The van der Waals surface area contributed by atoms with Crippen LogP contribution in [-0.4, -0.2) is 27.1 Å². The molecule has 0 bridgehead atoms. The summed E-state index contributed by atoms with van der Waals surface area (Å²) in [6.07, 6.45) is 2.78. The Morgan fingerprint density at radius 2 is 1.73 bits per heavy atom. The molecule has 0 fully saturated rings. The second kappa shape index (κ2) is 7.07. The minimum absolute atomic E-state index is 0.558. The average molecular weight is 210 g/mol. The monoisotopic (exact) mass is 210 g/mol. The van der Waals surface area contributed by atoms with E-state index in [1.165, 1.54) is 0 Å². The van der Waals surface area contributed by atoms with Gasteiger partial charge in [-0.05, 0) is 12.1 Å². The van der Waals surface area contributed by atoms with E-state index in [2.05, 4.69) is 4.98 Å². The van der Waals surface area contributed by atoms with Gasteiger partial charge >= 0.3 is 11.9 Å². The number of pyridine rings is 1. The van der Waals surface area contributed by atoms with Crippen molar-refractivity contribution in [2.75, 3.05) is 5.73 Å². The number of aromatic nitrogens is 1. The molecule has 1 heterocycles. The summed E-state index contributed by atoms with van der Waals surface area (Å²) in [5, 5.41) is 15.6. The van der Waals surface area contributed by atoms with Crippen LogP contribution in [0.25, 0.3) is 0 Å². The van der Waals surface area contributed by atoms with Gasteiger partial charge < -0.3 is 15.9 Å². The molecule has 1 rings (SSSR count). The van der Waals surface area contributed by atoms with Crippen LogP contribution in [0.5, 0.6) is 0 Å². The van der Waals surface area contributed by atoms with Crippen LogP contribution in [0.1, 0.15) is 0 Å². The number of carboxylic acid groups (broad SMARTS) is 2. The molecule has 15 heavy (non-hydrogen) atoms. The molecule has 0 amide bonds. The number of nitrogens with zero attached hydrogens (tertiary/aromatic N) is 1. The molecule has 0 aliphatic heterocycles. The molecule has 0 saturated heterocycles. The minimum Gasteiger partial charge on any atom is -0.478 e. The zero-order chi connectivity index (χ0) is 11.7. The van der Waals surface area contributed by atoms with Gasteiger partial charge in [0.15, 0.2) is 0 Å². The SMILES string of the molecule is Nc1ccccn1.O=C(O)/C=C/C(=O)O. The molecule has 4 N–H and O–H groups in total. The molecule has 80 valence electrons. The molecule has 0 atom stereocenters. The number of rotatable bonds is 2. The largest absolute Gasteiger partial charge is 0.478 e. The molecule has 0 aliphatic carbocycles. The molecule has 0 spiro atoms. The lowest BCUT2D eigenvalue weighted by Gasteiger charge is -1.82. The highest BCUT2D eigenvalue weighted by molar-refractivity contribution is 5.89. The first-order chi connectivity index (χ1) is 7.02. The predicted octanol–water partition coefficient (Wildman–Crippen LogP) is 0.376. The topological polar surface area (TPSA) is 114 Å². The zero-order valence-electron chi connectivity index (χ0n) is 7.70. The molecule has 0 unspecified atom stereocenters. The van der Waals surface area contributed by atoms with Crippen molar-refractivity contribution in [3.8, 4) is 0 Å².